The molecule has 0 spiro atoms. The second-order valence-corrected chi connectivity index (χ2v) is 6.52. The van der Waals surface area contributed by atoms with Crippen LogP contribution < -0.4 is 19.9 Å². The first-order valence-electron chi connectivity index (χ1n) is 9.29. The summed E-state index contributed by atoms with van der Waals surface area (Å²) >= 11 is 0. The van der Waals surface area contributed by atoms with Gasteiger partial charge >= 0.3 is 11.8 Å². The van der Waals surface area contributed by atoms with Gasteiger partial charge in [0.15, 0.2) is 0 Å². The summed E-state index contributed by atoms with van der Waals surface area (Å²) in [7, 11) is 3.13. The summed E-state index contributed by atoms with van der Waals surface area (Å²) in [6.07, 6.45) is 3.52. The van der Waals surface area contributed by atoms with E-state index in [0.717, 1.165) is 0 Å². The molecule has 3 aromatic rings. The molecule has 11 heteroatoms. The second-order valence-electron chi connectivity index (χ2n) is 6.52. The zero-order valence-corrected chi connectivity index (χ0v) is 17.0. The van der Waals surface area contributed by atoms with Crippen LogP contribution in [0.5, 0.6) is 17.4 Å². The number of primary amides is 1. The molecule has 0 bridgehead atoms. The summed E-state index contributed by atoms with van der Waals surface area (Å²) in [5, 5.41) is 15.7. The second kappa shape index (κ2) is 9.57. The molecule has 0 aliphatic rings. The van der Waals surface area contributed by atoms with Gasteiger partial charge in [0.25, 0.3) is 0 Å². The van der Waals surface area contributed by atoms with Gasteiger partial charge in [-0.25, -0.2) is 9.78 Å². The van der Waals surface area contributed by atoms with Crippen LogP contribution in [0.2, 0.25) is 0 Å². The van der Waals surface area contributed by atoms with E-state index < -0.39 is 11.0 Å². The predicted molar refractivity (Wildman–Crippen MR) is 110 cm³/mol. The fourth-order valence-electron chi connectivity index (χ4n) is 3.00. The number of methoxy groups -OCH3 is 1. The Bertz CT molecular complexity index is 1100. The molecule has 0 aliphatic heterocycles. The van der Waals surface area contributed by atoms with Crippen molar-refractivity contribution in [2.45, 2.75) is 12.8 Å². The van der Waals surface area contributed by atoms with Crippen LogP contribution in [0.25, 0.3) is 11.1 Å². The van der Waals surface area contributed by atoms with E-state index in [-0.39, 0.29) is 17.3 Å². The molecule has 1 amide bonds. The Balaban J connectivity index is 1.72. The number of nitrogens with zero attached hydrogens (tertiary/aromatic N) is 4. The number of rotatable bonds is 9. The molecule has 0 radical (unpaired) electrons. The number of benzene rings is 1. The van der Waals surface area contributed by atoms with Gasteiger partial charge in [0.05, 0.1) is 30.9 Å². The standard InChI is InChI=1S/C20H21N5O6/c1-24-12-13(11-22-24)16-9-15(10-17(25(27)28)19(16)29-2)30-8-4-6-14-5-3-7-18(23-14)31-20(21)26/h3,5,7,9-12H,4,6,8H2,1-2H3,(H2,21,26). The van der Waals surface area contributed by atoms with Gasteiger partial charge in [0.2, 0.25) is 11.6 Å². The number of amides is 1. The van der Waals surface area contributed by atoms with E-state index in [4.69, 9.17) is 19.9 Å². The molecule has 31 heavy (non-hydrogen) atoms. The van der Waals surface area contributed by atoms with Crippen LogP contribution in [-0.2, 0) is 13.5 Å². The summed E-state index contributed by atoms with van der Waals surface area (Å²) in [5.74, 6) is 0.601. The number of carbonyl (C=O) groups excluding carboxylic acids is 1. The Hall–Kier alpha value is -4.15. The third-order valence-corrected chi connectivity index (χ3v) is 4.29. The summed E-state index contributed by atoms with van der Waals surface area (Å²) in [4.78, 5) is 26.0. The first-order valence-corrected chi connectivity index (χ1v) is 9.29. The molecule has 2 heterocycles. The van der Waals surface area contributed by atoms with Crippen molar-refractivity contribution in [2.75, 3.05) is 13.7 Å². The van der Waals surface area contributed by atoms with Crippen LogP contribution in [-0.4, -0.2) is 39.5 Å². The van der Waals surface area contributed by atoms with Gasteiger partial charge in [0, 0.05) is 36.1 Å². The van der Waals surface area contributed by atoms with E-state index >= 15 is 0 Å². The van der Waals surface area contributed by atoms with Gasteiger partial charge in [0.1, 0.15) is 5.75 Å². The van der Waals surface area contributed by atoms with Crippen LogP contribution in [0, 0.1) is 10.1 Å². The number of carbonyl (C=O) groups is 1. The van der Waals surface area contributed by atoms with Crippen molar-refractivity contribution in [3.05, 3.63) is 58.5 Å². The minimum absolute atomic E-state index is 0.123. The Morgan fingerprint density at radius 3 is 2.77 bits per heavy atom. The lowest BCUT2D eigenvalue weighted by Crippen LogP contribution is -2.17. The number of hydrogen-bond acceptors (Lipinski definition) is 8. The number of nitro groups is 1. The minimum Gasteiger partial charge on any atom is -0.493 e. The van der Waals surface area contributed by atoms with Gasteiger partial charge in [-0.2, -0.15) is 5.10 Å². The lowest BCUT2D eigenvalue weighted by Gasteiger charge is -2.12. The molecule has 0 unspecified atom stereocenters. The maximum atomic E-state index is 11.5. The van der Waals surface area contributed by atoms with E-state index in [1.165, 1.54) is 19.2 Å². The molecule has 0 fully saturated rings. The van der Waals surface area contributed by atoms with E-state index in [1.807, 2.05) is 0 Å². The first kappa shape index (κ1) is 21.6. The van der Waals surface area contributed by atoms with Gasteiger partial charge in [-0.3, -0.25) is 14.8 Å². The third kappa shape index (κ3) is 5.47. The summed E-state index contributed by atoms with van der Waals surface area (Å²) in [6, 6.07) is 8.03. The van der Waals surface area contributed by atoms with Gasteiger partial charge in [-0.1, -0.05) is 6.07 Å². The highest BCUT2D eigenvalue weighted by Gasteiger charge is 2.23. The van der Waals surface area contributed by atoms with E-state index in [2.05, 4.69) is 10.1 Å². The maximum absolute atomic E-state index is 11.5. The molecule has 0 saturated carbocycles. The smallest absolute Gasteiger partial charge is 0.411 e. The highest BCUT2D eigenvalue weighted by atomic mass is 16.6. The number of nitro benzene ring substituents is 1. The van der Waals surface area contributed by atoms with Crippen LogP contribution >= 0.6 is 0 Å². The number of ether oxygens (including phenoxy) is 3. The van der Waals surface area contributed by atoms with Crippen molar-refractivity contribution in [1.82, 2.24) is 14.8 Å². The molecule has 2 N–H and O–H groups in total. The minimum atomic E-state index is -0.932. The van der Waals surface area contributed by atoms with Crippen molar-refractivity contribution >= 4 is 11.8 Å². The Morgan fingerprint density at radius 2 is 2.13 bits per heavy atom. The lowest BCUT2D eigenvalue weighted by atomic mass is 10.1. The number of hydrogen-bond donors (Lipinski definition) is 1. The average molecular weight is 427 g/mol. The number of nitrogens with two attached hydrogens (primary N) is 1. The molecule has 3 rings (SSSR count). The largest absolute Gasteiger partial charge is 0.493 e. The quantitative estimate of drug-likeness (QED) is 0.312. The van der Waals surface area contributed by atoms with Gasteiger partial charge < -0.3 is 19.9 Å². The van der Waals surface area contributed by atoms with Crippen molar-refractivity contribution in [3.8, 4) is 28.5 Å². The molecule has 2 aromatic heterocycles. The fourth-order valence-corrected chi connectivity index (χ4v) is 3.00. The SMILES string of the molecule is COc1c(-c2cnn(C)c2)cc(OCCCc2cccc(OC(N)=O)n2)cc1[N+](=O)[O-]. The maximum Gasteiger partial charge on any atom is 0.411 e. The Kier molecular flexibility index (Phi) is 6.65. The van der Waals surface area contributed by atoms with Crippen LogP contribution in [0.1, 0.15) is 12.1 Å². The Morgan fingerprint density at radius 1 is 1.32 bits per heavy atom. The lowest BCUT2D eigenvalue weighted by molar-refractivity contribution is -0.385. The normalized spacial score (nSPS) is 10.5. The van der Waals surface area contributed by atoms with E-state index in [1.54, 1.807) is 42.3 Å². The van der Waals surface area contributed by atoms with E-state index in [9.17, 15) is 14.9 Å². The van der Waals surface area contributed by atoms with Crippen molar-refractivity contribution < 1.29 is 23.9 Å². The fraction of sp³-hybridized carbons (Fsp3) is 0.250. The molecule has 162 valence electrons. The molecular weight excluding hydrogens is 406 g/mol. The molecule has 11 nitrogen and oxygen atoms in total. The highest BCUT2D eigenvalue weighted by molar-refractivity contribution is 5.76. The zero-order chi connectivity index (χ0) is 22.4. The molecule has 0 saturated heterocycles. The van der Waals surface area contributed by atoms with Crippen LogP contribution in [0.3, 0.4) is 0 Å². The number of aromatic nitrogens is 3. The average Bonchev–Trinajstić information content (AvgIpc) is 3.16. The molecular formula is C20H21N5O6. The predicted octanol–water partition coefficient (Wildman–Crippen LogP) is 2.87. The van der Waals surface area contributed by atoms with Crippen molar-refractivity contribution in [2.24, 2.45) is 12.8 Å². The molecule has 0 aliphatic carbocycles. The highest BCUT2D eigenvalue weighted by Crippen LogP contribution is 2.41. The molecule has 0 atom stereocenters. The number of aryl methyl sites for hydroxylation is 2. The Labute approximate surface area is 177 Å². The zero-order valence-electron chi connectivity index (χ0n) is 17.0. The monoisotopic (exact) mass is 427 g/mol. The van der Waals surface area contributed by atoms with Gasteiger partial charge in [-0.05, 0) is 25.0 Å². The molecule has 1 aromatic carbocycles. The van der Waals surface area contributed by atoms with Crippen LogP contribution in [0.4, 0.5) is 10.5 Å². The summed E-state index contributed by atoms with van der Waals surface area (Å²) in [6.45, 7) is 0.290. The van der Waals surface area contributed by atoms with Gasteiger partial charge in [-0.15, -0.1) is 0 Å². The van der Waals surface area contributed by atoms with E-state index in [0.29, 0.717) is 42.0 Å². The van der Waals surface area contributed by atoms with Crippen molar-refractivity contribution in [3.63, 3.8) is 0 Å². The first-order chi connectivity index (χ1) is 14.9. The summed E-state index contributed by atoms with van der Waals surface area (Å²) < 4.78 is 17.4. The van der Waals surface area contributed by atoms with Crippen LogP contribution in [0.15, 0.2) is 42.7 Å². The summed E-state index contributed by atoms with van der Waals surface area (Å²) in [5.41, 5.74) is 6.66. The van der Waals surface area contributed by atoms with Crippen molar-refractivity contribution in [1.29, 1.82) is 0 Å². The topological polar surface area (TPSA) is 145 Å². The third-order valence-electron chi connectivity index (χ3n) is 4.29. The number of pyridine rings is 1.